The van der Waals surface area contributed by atoms with E-state index < -0.39 is 0 Å². The fourth-order valence-electron chi connectivity index (χ4n) is 5.95. The van der Waals surface area contributed by atoms with E-state index in [0.29, 0.717) is 0 Å². The largest absolute Gasteiger partial charge is 0.0622 e. The topological polar surface area (TPSA) is 0 Å². The summed E-state index contributed by atoms with van der Waals surface area (Å²) in [6.07, 6.45) is 9.20. The van der Waals surface area contributed by atoms with E-state index in [1.54, 1.807) is 0 Å². The van der Waals surface area contributed by atoms with Crippen molar-refractivity contribution in [3.63, 3.8) is 0 Å². The van der Waals surface area contributed by atoms with Crippen LogP contribution < -0.4 is 0 Å². The lowest BCUT2D eigenvalue weighted by molar-refractivity contribution is 1.01. The summed E-state index contributed by atoms with van der Waals surface area (Å²) in [5.41, 5.74) is 15.2. The van der Waals surface area contributed by atoms with Crippen LogP contribution >= 0.6 is 0 Å². The molecule has 4 aromatic rings. The zero-order valence-electron chi connectivity index (χ0n) is 20.5. The van der Waals surface area contributed by atoms with Crippen LogP contribution in [0, 0.1) is 0 Å². The van der Waals surface area contributed by atoms with E-state index in [-0.39, 0.29) is 5.92 Å². The second kappa shape index (κ2) is 9.04. The van der Waals surface area contributed by atoms with E-state index in [1.807, 2.05) is 0 Å². The molecular formula is C35H30. The molecule has 6 rings (SSSR count). The summed E-state index contributed by atoms with van der Waals surface area (Å²) in [6, 6.07) is 35.4. The highest BCUT2D eigenvalue weighted by molar-refractivity contribution is 5.89. The van der Waals surface area contributed by atoms with Gasteiger partial charge in [-0.05, 0) is 74.1 Å². The molecule has 0 radical (unpaired) electrons. The molecule has 0 unspecified atom stereocenters. The van der Waals surface area contributed by atoms with Gasteiger partial charge in [-0.25, -0.2) is 0 Å². The van der Waals surface area contributed by atoms with Gasteiger partial charge in [0.1, 0.15) is 0 Å². The fraction of sp³-hybridized carbons (Fsp3) is 0.143. The summed E-state index contributed by atoms with van der Waals surface area (Å²) in [6.45, 7) is 4.55. The van der Waals surface area contributed by atoms with E-state index in [2.05, 4.69) is 129 Å². The van der Waals surface area contributed by atoms with Crippen molar-refractivity contribution in [3.05, 3.63) is 160 Å². The second-order valence-corrected chi connectivity index (χ2v) is 9.44. The Balaban J connectivity index is 1.56. The molecule has 0 heterocycles. The lowest BCUT2D eigenvalue weighted by atomic mass is 9.88. The predicted molar refractivity (Wildman–Crippen MR) is 149 cm³/mol. The van der Waals surface area contributed by atoms with Gasteiger partial charge in [0, 0.05) is 5.92 Å². The Hall–Kier alpha value is -3.90. The molecule has 35 heavy (non-hydrogen) atoms. The maximum absolute atomic E-state index is 2.43. The molecule has 0 saturated heterocycles. The van der Waals surface area contributed by atoms with Crippen LogP contribution in [-0.4, -0.2) is 0 Å². The van der Waals surface area contributed by atoms with Crippen LogP contribution in [0.3, 0.4) is 0 Å². The first-order valence-electron chi connectivity index (χ1n) is 12.8. The Morgan fingerprint density at radius 2 is 1.09 bits per heavy atom. The highest BCUT2D eigenvalue weighted by Gasteiger charge is 2.34. The molecule has 0 aromatic heterocycles. The third-order valence-electron chi connectivity index (χ3n) is 7.52. The van der Waals surface area contributed by atoms with Gasteiger partial charge in [0.05, 0.1) is 0 Å². The molecule has 4 aromatic carbocycles. The van der Waals surface area contributed by atoms with Gasteiger partial charge in [0.15, 0.2) is 0 Å². The first-order chi connectivity index (χ1) is 17.3. The van der Waals surface area contributed by atoms with Crippen molar-refractivity contribution in [1.29, 1.82) is 0 Å². The molecule has 0 spiro atoms. The number of allylic oxidation sites excluding steroid dienone is 5. The average molecular weight is 451 g/mol. The van der Waals surface area contributed by atoms with Crippen LogP contribution in [0.4, 0.5) is 0 Å². The smallest absolute Gasteiger partial charge is 0.0352 e. The lowest BCUT2D eigenvalue weighted by Gasteiger charge is -2.15. The zero-order chi connectivity index (χ0) is 23.8. The molecular weight excluding hydrogens is 420 g/mol. The fourth-order valence-corrected chi connectivity index (χ4v) is 5.95. The summed E-state index contributed by atoms with van der Waals surface area (Å²) in [4.78, 5) is 0. The van der Waals surface area contributed by atoms with Crippen molar-refractivity contribution in [2.45, 2.75) is 32.6 Å². The van der Waals surface area contributed by atoms with E-state index in [4.69, 9.17) is 0 Å². The van der Waals surface area contributed by atoms with Gasteiger partial charge in [-0.15, -0.1) is 0 Å². The van der Waals surface area contributed by atoms with E-state index in [1.165, 1.54) is 61.2 Å². The average Bonchev–Trinajstić information content (AvgIpc) is 3.52. The van der Waals surface area contributed by atoms with Crippen LogP contribution in [-0.2, 0) is 12.8 Å². The summed E-state index contributed by atoms with van der Waals surface area (Å²) >= 11 is 0. The third-order valence-corrected chi connectivity index (χ3v) is 7.52. The molecule has 0 N–H and O–H groups in total. The number of fused-ring (bicyclic) bond motifs is 3. The van der Waals surface area contributed by atoms with Crippen molar-refractivity contribution in [2.24, 2.45) is 0 Å². The van der Waals surface area contributed by atoms with Gasteiger partial charge in [0.25, 0.3) is 0 Å². The summed E-state index contributed by atoms with van der Waals surface area (Å²) in [5.74, 6) is 0.277. The van der Waals surface area contributed by atoms with Crippen LogP contribution in [0.1, 0.15) is 53.1 Å². The minimum Gasteiger partial charge on any atom is -0.0622 e. The minimum absolute atomic E-state index is 0.277. The maximum atomic E-state index is 2.43. The van der Waals surface area contributed by atoms with E-state index >= 15 is 0 Å². The second-order valence-electron chi connectivity index (χ2n) is 9.44. The van der Waals surface area contributed by atoms with Gasteiger partial charge in [-0.2, -0.15) is 0 Å². The van der Waals surface area contributed by atoms with E-state index in [9.17, 15) is 0 Å². The van der Waals surface area contributed by atoms with Gasteiger partial charge in [-0.3, -0.25) is 0 Å². The minimum atomic E-state index is 0.277. The lowest BCUT2D eigenvalue weighted by Crippen LogP contribution is -1.99. The summed E-state index contributed by atoms with van der Waals surface area (Å²) < 4.78 is 0. The van der Waals surface area contributed by atoms with Crippen LogP contribution in [0.2, 0.25) is 0 Å². The van der Waals surface area contributed by atoms with Gasteiger partial charge < -0.3 is 0 Å². The first-order valence-corrected chi connectivity index (χ1v) is 12.8. The molecule has 170 valence electrons. The zero-order valence-corrected chi connectivity index (χ0v) is 20.5. The number of hydrogen-bond donors (Lipinski definition) is 0. The van der Waals surface area contributed by atoms with Crippen molar-refractivity contribution in [3.8, 4) is 11.1 Å². The molecule has 0 heteroatoms. The normalized spacial score (nSPS) is 14.1. The van der Waals surface area contributed by atoms with Crippen LogP contribution in [0.25, 0.3) is 16.7 Å². The van der Waals surface area contributed by atoms with Crippen LogP contribution in [0.5, 0.6) is 0 Å². The highest BCUT2D eigenvalue weighted by Crippen LogP contribution is 2.52. The first kappa shape index (κ1) is 21.6. The number of benzene rings is 4. The van der Waals surface area contributed by atoms with Crippen LogP contribution in [0.15, 0.2) is 126 Å². The predicted octanol–water partition coefficient (Wildman–Crippen LogP) is 8.92. The molecule has 2 aliphatic carbocycles. The van der Waals surface area contributed by atoms with Crippen molar-refractivity contribution in [1.82, 2.24) is 0 Å². The molecule has 0 bridgehead atoms. The van der Waals surface area contributed by atoms with Gasteiger partial charge >= 0.3 is 0 Å². The Labute approximate surface area is 209 Å². The van der Waals surface area contributed by atoms with Gasteiger partial charge in [-0.1, -0.05) is 129 Å². The summed E-state index contributed by atoms with van der Waals surface area (Å²) in [5, 5.41) is 0. The Kier molecular flexibility index (Phi) is 5.58. The Morgan fingerprint density at radius 3 is 1.57 bits per heavy atom. The maximum Gasteiger partial charge on any atom is 0.0352 e. The number of aryl methyl sites for hydroxylation is 2. The molecule has 0 atom stereocenters. The standard InChI is InChI=1S/C35H30/c1-3-24-17-11-19-30-33(31-20-12-18-25(4-2)35(31)34(24)30)29-22-21-28(23-29)32(26-13-7-5-8-14-26)27-15-9-6-10-16-27/h5-23,33H,3-4H2,1-2H3. The molecule has 2 aliphatic rings. The number of hydrogen-bond acceptors (Lipinski definition) is 0. The molecule has 0 nitrogen and oxygen atoms in total. The molecule has 0 fully saturated rings. The SMILES string of the molecule is CCc1cccc2c1-c1c(CC)cccc1C2C1=CC(=C(c2ccccc2)c2ccccc2)C=C1. The van der Waals surface area contributed by atoms with Crippen molar-refractivity contribution in [2.75, 3.05) is 0 Å². The number of rotatable bonds is 5. The highest BCUT2D eigenvalue weighted by atomic mass is 14.4. The molecule has 0 amide bonds. The van der Waals surface area contributed by atoms with Crippen molar-refractivity contribution < 1.29 is 0 Å². The molecule has 0 saturated carbocycles. The van der Waals surface area contributed by atoms with Crippen molar-refractivity contribution >= 4 is 5.57 Å². The molecule has 0 aliphatic heterocycles. The quantitative estimate of drug-likeness (QED) is 0.285. The summed E-state index contributed by atoms with van der Waals surface area (Å²) in [7, 11) is 0. The monoisotopic (exact) mass is 450 g/mol. The third kappa shape index (κ3) is 3.61. The Bertz CT molecular complexity index is 1390. The Morgan fingerprint density at radius 1 is 0.571 bits per heavy atom. The van der Waals surface area contributed by atoms with Gasteiger partial charge in [0.2, 0.25) is 0 Å². The van der Waals surface area contributed by atoms with E-state index in [0.717, 1.165) is 12.8 Å².